The number of nitrogens with one attached hydrogen (secondary N) is 4. The van der Waals surface area contributed by atoms with Crippen LogP contribution in [-0.2, 0) is 4.79 Å². The fourth-order valence-electron chi connectivity index (χ4n) is 4.23. The molecule has 0 aliphatic carbocycles. The zero-order valence-electron chi connectivity index (χ0n) is 20.0. The molecule has 1 aliphatic rings. The van der Waals surface area contributed by atoms with E-state index < -0.39 is 0 Å². The van der Waals surface area contributed by atoms with Crippen LogP contribution < -0.4 is 16.0 Å². The first-order chi connectivity index (χ1) is 16.8. The van der Waals surface area contributed by atoms with Crippen LogP contribution in [0.15, 0.2) is 61.2 Å². The SMILES string of the molecule is C=CCNC(=O)c1c(C)[nH]c(C=C2C(=O)Nc3ccc(C(=O)NC(C)c4ccccc4)cc32)c1C. The number of H-pyrrole nitrogens is 1. The van der Waals surface area contributed by atoms with Crippen molar-refractivity contribution in [1.82, 2.24) is 15.6 Å². The number of rotatable bonds is 7. The molecule has 35 heavy (non-hydrogen) atoms. The van der Waals surface area contributed by atoms with Crippen molar-refractivity contribution in [1.29, 1.82) is 0 Å². The van der Waals surface area contributed by atoms with E-state index in [1.54, 1.807) is 30.4 Å². The molecule has 0 fully saturated rings. The molecule has 4 N–H and O–H groups in total. The van der Waals surface area contributed by atoms with E-state index in [9.17, 15) is 14.4 Å². The van der Waals surface area contributed by atoms with Crippen molar-refractivity contribution in [2.75, 3.05) is 11.9 Å². The van der Waals surface area contributed by atoms with Gasteiger partial charge in [-0.15, -0.1) is 6.58 Å². The average Bonchev–Trinajstić information content (AvgIpc) is 3.32. The van der Waals surface area contributed by atoms with Gasteiger partial charge in [0.2, 0.25) is 0 Å². The quantitative estimate of drug-likeness (QED) is 0.303. The van der Waals surface area contributed by atoms with Gasteiger partial charge in [0, 0.05) is 34.7 Å². The highest BCUT2D eigenvalue weighted by atomic mass is 16.2. The molecule has 0 bridgehead atoms. The first-order valence-corrected chi connectivity index (χ1v) is 11.4. The molecule has 1 atom stereocenters. The van der Waals surface area contributed by atoms with Crippen molar-refractivity contribution in [2.24, 2.45) is 0 Å². The van der Waals surface area contributed by atoms with Crippen molar-refractivity contribution >= 4 is 35.1 Å². The van der Waals surface area contributed by atoms with Gasteiger partial charge in [0.05, 0.1) is 17.2 Å². The van der Waals surface area contributed by atoms with Crippen LogP contribution in [0.4, 0.5) is 5.69 Å². The molecule has 1 aromatic heterocycles. The van der Waals surface area contributed by atoms with Crippen LogP contribution in [0, 0.1) is 13.8 Å². The summed E-state index contributed by atoms with van der Waals surface area (Å²) in [4.78, 5) is 41.5. The minimum absolute atomic E-state index is 0.165. The van der Waals surface area contributed by atoms with Gasteiger partial charge in [-0.1, -0.05) is 36.4 Å². The Balaban J connectivity index is 1.63. The van der Waals surface area contributed by atoms with E-state index in [2.05, 4.69) is 27.5 Å². The highest BCUT2D eigenvalue weighted by molar-refractivity contribution is 6.35. The van der Waals surface area contributed by atoms with E-state index >= 15 is 0 Å². The maximum absolute atomic E-state index is 12.9. The Labute approximate surface area is 204 Å². The third-order valence-corrected chi connectivity index (χ3v) is 6.11. The molecule has 2 aromatic carbocycles. The molecule has 3 aromatic rings. The Hall–Kier alpha value is -4.39. The number of carbonyl (C=O) groups is 3. The van der Waals surface area contributed by atoms with E-state index in [0.29, 0.717) is 45.9 Å². The van der Waals surface area contributed by atoms with Crippen molar-refractivity contribution in [3.8, 4) is 0 Å². The minimum Gasteiger partial charge on any atom is -0.358 e. The molecule has 7 heteroatoms. The minimum atomic E-state index is -0.264. The van der Waals surface area contributed by atoms with Crippen LogP contribution in [0.25, 0.3) is 11.6 Å². The van der Waals surface area contributed by atoms with Gasteiger partial charge in [-0.25, -0.2) is 0 Å². The lowest BCUT2D eigenvalue weighted by atomic mass is 10.0. The van der Waals surface area contributed by atoms with E-state index in [4.69, 9.17) is 0 Å². The molecule has 0 radical (unpaired) electrons. The summed E-state index contributed by atoms with van der Waals surface area (Å²) in [5, 5.41) is 8.64. The normalized spacial score (nSPS) is 14.3. The first kappa shape index (κ1) is 23.8. The standard InChI is InChI=1S/C28H28N4O3/c1-5-13-29-28(35)25-16(2)24(30-18(25)4)15-22-21-14-20(11-12-23(21)32-27(22)34)26(33)31-17(3)19-9-7-6-8-10-19/h5-12,14-15,17,30H,1,13H2,2-4H3,(H,29,35)(H,31,33)(H,32,34). The van der Waals surface area contributed by atoms with Gasteiger partial charge in [0.25, 0.3) is 17.7 Å². The highest BCUT2D eigenvalue weighted by Crippen LogP contribution is 2.35. The Morgan fingerprint density at radius 3 is 2.54 bits per heavy atom. The largest absolute Gasteiger partial charge is 0.358 e. The Bertz CT molecular complexity index is 1350. The maximum Gasteiger partial charge on any atom is 0.256 e. The third kappa shape index (κ3) is 4.80. The van der Waals surface area contributed by atoms with Crippen LogP contribution >= 0.6 is 0 Å². The molecule has 7 nitrogen and oxygen atoms in total. The van der Waals surface area contributed by atoms with Gasteiger partial charge in [0.15, 0.2) is 0 Å². The Morgan fingerprint density at radius 2 is 1.83 bits per heavy atom. The van der Waals surface area contributed by atoms with Crippen LogP contribution in [-0.4, -0.2) is 29.3 Å². The lowest BCUT2D eigenvalue weighted by Gasteiger charge is -2.14. The van der Waals surface area contributed by atoms with Gasteiger partial charge in [0.1, 0.15) is 0 Å². The van der Waals surface area contributed by atoms with E-state index in [1.807, 2.05) is 51.1 Å². The summed E-state index contributed by atoms with van der Waals surface area (Å²) in [6, 6.07) is 14.7. The zero-order valence-corrected chi connectivity index (χ0v) is 20.0. The summed E-state index contributed by atoms with van der Waals surface area (Å²) in [6.45, 7) is 9.56. The van der Waals surface area contributed by atoms with E-state index in [1.165, 1.54) is 0 Å². The number of hydrogen-bond donors (Lipinski definition) is 4. The molecular formula is C28H28N4O3. The molecular weight excluding hydrogens is 440 g/mol. The van der Waals surface area contributed by atoms with E-state index in [-0.39, 0.29) is 23.8 Å². The summed E-state index contributed by atoms with van der Waals surface area (Å²) >= 11 is 0. The molecule has 4 rings (SSSR count). The number of benzene rings is 2. The van der Waals surface area contributed by atoms with Crippen molar-refractivity contribution in [3.05, 3.63) is 100 Å². The van der Waals surface area contributed by atoms with Gasteiger partial charge in [-0.05, 0) is 56.2 Å². The molecule has 0 saturated carbocycles. The first-order valence-electron chi connectivity index (χ1n) is 11.4. The number of hydrogen-bond acceptors (Lipinski definition) is 3. The van der Waals surface area contributed by atoms with Gasteiger partial charge in [-0.3, -0.25) is 14.4 Å². The number of anilines is 1. The number of aromatic nitrogens is 1. The number of aromatic amines is 1. The van der Waals surface area contributed by atoms with Crippen LogP contribution in [0.5, 0.6) is 0 Å². The second-order valence-electron chi connectivity index (χ2n) is 8.54. The monoisotopic (exact) mass is 468 g/mol. The topological polar surface area (TPSA) is 103 Å². The number of carbonyl (C=O) groups excluding carboxylic acids is 3. The van der Waals surface area contributed by atoms with Gasteiger partial charge < -0.3 is 20.9 Å². The lowest BCUT2D eigenvalue weighted by molar-refractivity contribution is -0.110. The highest BCUT2D eigenvalue weighted by Gasteiger charge is 2.27. The molecule has 0 saturated heterocycles. The molecule has 178 valence electrons. The number of fused-ring (bicyclic) bond motifs is 1. The molecule has 1 unspecified atom stereocenters. The molecule has 3 amide bonds. The second kappa shape index (κ2) is 9.85. The third-order valence-electron chi connectivity index (χ3n) is 6.11. The molecule has 2 heterocycles. The molecule has 1 aliphatic heterocycles. The maximum atomic E-state index is 12.9. The molecule has 0 spiro atoms. The summed E-state index contributed by atoms with van der Waals surface area (Å²) in [5.74, 6) is -0.695. The number of aryl methyl sites for hydroxylation is 1. The average molecular weight is 469 g/mol. The summed E-state index contributed by atoms with van der Waals surface area (Å²) in [6.07, 6.45) is 3.34. The Kier molecular flexibility index (Phi) is 6.68. The fourth-order valence-corrected chi connectivity index (χ4v) is 4.23. The predicted octanol–water partition coefficient (Wildman–Crippen LogP) is 4.53. The van der Waals surface area contributed by atoms with Crippen molar-refractivity contribution in [3.63, 3.8) is 0 Å². The van der Waals surface area contributed by atoms with Crippen LogP contribution in [0.3, 0.4) is 0 Å². The summed E-state index contributed by atoms with van der Waals surface area (Å²) in [7, 11) is 0. The Morgan fingerprint density at radius 1 is 1.09 bits per heavy atom. The van der Waals surface area contributed by atoms with E-state index in [0.717, 1.165) is 11.1 Å². The fraction of sp³-hybridized carbons (Fsp3) is 0.179. The van der Waals surface area contributed by atoms with Gasteiger partial charge in [-0.2, -0.15) is 0 Å². The second-order valence-corrected chi connectivity index (χ2v) is 8.54. The number of amides is 3. The summed E-state index contributed by atoms with van der Waals surface area (Å²) < 4.78 is 0. The van der Waals surface area contributed by atoms with Crippen LogP contribution in [0.2, 0.25) is 0 Å². The van der Waals surface area contributed by atoms with Crippen LogP contribution in [0.1, 0.15) is 61.8 Å². The lowest BCUT2D eigenvalue weighted by Crippen LogP contribution is -2.26. The van der Waals surface area contributed by atoms with Crippen molar-refractivity contribution < 1.29 is 14.4 Å². The van der Waals surface area contributed by atoms with Crippen molar-refractivity contribution in [2.45, 2.75) is 26.8 Å². The van der Waals surface area contributed by atoms with Gasteiger partial charge >= 0.3 is 0 Å². The smallest absolute Gasteiger partial charge is 0.256 e. The predicted molar refractivity (Wildman–Crippen MR) is 138 cm³/mol. The zero-order chi connectivity index (χ0) is 25.1. The summed E-state index contributed by atoms with van der Waals surface area (Å²) in [5.41, 5.74) is 5.81.